The van der Waals surface area contributed by atoms with Crippen molar-refractivity contribution in [2.24, 2.45) is 0 Å². The Balaban J connectivity index is 0.000000720. The zero-order valence-corrected chi connectivity index (χ0v) is 8.81. The molecule has 2 heterocycles. The van der Waals surface area contributed by atoms with Crippen molar-refractivity contribution in [1.82, 2.24) is 5.32 Å². The molecule has 1 unspecified atom stereocenters. The minimum atomic E-state index is 0. The zero-order chi connectivity index (χ0) is 7.57. The molecule has 12 heavy (non-hydrogen) atoms. The molecule has 0 radical (unpaired) electrons. The highest BCUT2D eigenvalue weighted by Crippen LogP contribution is 2.34. The van der Waals surface area contributed by atoms with Crippen LogP contribution in [0.5, 0.6) is 0 Å². The molecule has 72 valence electrons. The van der Waals surface area contributed by atoms with E-state index >= 15 is 0 Å². The average molecular weight is 210 g/mol. The first-order valence-electron chi connectivity index (χ1n) is 4.34. The standard InChI is InChI=1S/C8H15NOS.ClH/c1-3-9-4-5-10-8(1)2-6-11-7-8;/h9H,1-7H2;1H. The summed E-state index contributed by atoms with van der Waals surface area (Å²) in [4.78, 5) is 0. The van der Waals surface area contributed by atoms with E-state index in [1.807, 2.05) is 11.8 Å². The summed E-state index contributed by atoms with van der Waals surface area (Å²) in [6.45, 7) is 3.08. The molecule has 2 rings (SSSR count). The van der Waals surface area contributed by atoms with Crippen molar-refractivity contribution in [2.45, 2.75) is 18.4 Å². The molecule has 2 nitrogen and oxygen atoms in total. The highest BCUT2D eigenvalue weighted by Gasteiger charge is 2.35. The fourth-order valence-corrected chi connectivity index (χ4v) is 3.16. The Labute approximate surface area is 84.2 Å². The van der Waals surface area contributed by atoms with Crippen LogP contribution in [0.4, 0.5) is 0 Å². The Morgan fingerprint density at radius 2 is 2.17 bits per heavy atom. The van der Waals surface area contributed by atoms with Crippen LogP contribution in [0.1, 0.15) is 12.8 Å². The monoisotopic (exact) mass is 209 g/mol. The average Bonchev–Trinajstić information content (AvgIpc) is 2.32. The molecule has 0 aromatic carbocycles. The number of halogens is 1. The van der Waals surface area contributed by atoms with Crippen LogP contribution in [-0.2, 0) is 4.74 Å². The molecule has 0 amide bonds. The number of rotatable bonds is 0. The highest BCUT2D eigenvalue weighted by molar-refractivity contribution is 7.99. The van der Waals surface area contributed by atoms with Crippen molar-refractivity contribution < 1.29 is 4.74 Å². The largest absolute Gasteiger partial charge is 0.373 e. The normalized spacial score (nSPS) is 36.0. The SMILES string of the molecule is C1COC2(CCN1)CCSC2.Cl. The number of ether oxygens (including phenoxy) is 1. The van der Waals surface area contributed by atoms with Gasteiger partial charge in [0.05, 0.1) is 12.2 Å². The minimum Gasteiger partial charge on any atom is -0.373 e. The summed E-state index contributed by atoms with van der Waals surface area (Å²) < 4.78 is 5.87. The maximum absolute atomic E-state index is 5.87. The molecule has 2 aliphatic rings. The van der Waals surface area contributed by atoms with E-state index in [1.54, 1.807) is 0 Å². The first-order chi connectivity index (χ1) is 5.41. The molecule has 0 aromatic rings. The van der Waals surface area contributed by atoms with E-state index in [-0.39, 0.29) is 18.0 Å². The van der Waals surface area contributed by atoms with E-state index in [0.29, 0.717) is 0 Å². The first-order valence-corrected chi connectivity index (χ1v) is 5.49. The Kier molecular flexibility index (Phi) is 4.17. The Bertz CT molecular complexity index is 129. The quantitative estimate of drug-likeness (QED) is 0.650. The van der Waals surface area contributed by atoms with Gasteiger partial charge in [-0.2, -0.15) is 11.8 Å². The summed E-state index contributed by atoms with van der Waals surface area (Å²) in [5, 5.41) is 3.36. The van der Waals surface area contributed by atoms with Gasteiger partial charge < -0.3 is 10.1 Å². The van der Waals surface area contributed by atoms with Crippen molar-refractivity contribution in [3.8, 4) is 0 Å². The highest BCUT2D eigenvalue weighted by atomic mass is 35.5. The smallest absolute Gasteiger partial charge is 0.0793 e. The summed E-state index contributed by atoms with van der Waals surface area (Å²) in [5.74, 6) is 2.51. The third-order valence-corrected chi connectivity index (χ3v) is 3.73. The number of nitrogens with one attached hydrogen (secondary N) is 1. The molecule has 1 atom stereocenters. The van der Waals surface area contributed by atoms with Gasteiger partial charge in [-0.3, -0.25) is 0 Å². The molecular weight excluding hydrogens is 194 g/mol. The van der Waals surface area contributed by atoms with E-state index in [2.05, 4.69) is 5.32 Å². The molecular formula is C8H16ClNOS. The molecule has 0 aliphatic carbocycles. The molecule has 0 bridgehead atoms. The molecule has 2 fully saturated rings. The lowest BCUT2D eigenvalue weighted by Crippen LogP contribution is -2.32. The van der Waals surface area contributed by atoms with Crippen LogP contribution in [-0.4, -0.2) is 36.8 Å². The van der Waals surface area contributed by atoms with Gasteiger partial charge in [0, 0.05) is 12.3 Å². The van der Waals surface area contributed by atoms with Crippen molar-refractivity contribution in [1.29, 1.82) is 0 Å². The van der Waals surface area contributed by atoms with Gasteiger partial charge in [0.25, 0.3) is 0 Å². The number of thioether (sulfide) groups is 1. The summed E-state index contributed by atoms with van der Waals surface area (Å²) in [7, 11) is 0. The summed E-state index contributed by atoms with van der Waals surface area (Å²) in [6, 6.07) is 0. The van der Waals surface area contributed by atoms with Gasteiger partial charge in [-0.05, 0) is 25.1 Å². The Morgan fingerprint density at radius 1 is 1.25 bits per heavy atom. The van der Waals surface area contributed by atoms with Gasteiger partial charge in [-0.1, -0.05) is 0 Å². The van der Waals surface area contributed by atoms with Gasteiger partial charge in [-0.15, -0.1) is 12.4 Å². The Hall–Kier alpha value is 0.560. The van der Waals surface area contributed by atoms with Crippen molar-refractivity contribution in [3.63, 3.8) is 0 Å². The Morgan fingerprint density at radius 3 is 2.92 bits per heavy atom. The van der Waals surface area contributed by atoms with Crippen molar-refractivity contribution >= 4 is 24.2 Å². The van der Waals surface area contributed by atoms with E-state index in [9.17, 15) is 0 Å². The fraction of sp³-hybridized carbons (Fsp3) is 1.00. The third-order valence-electron chi connectivity index (χ3n) is 2.51. The zero-order valence-electron chi connectivity index (χ0n) is 7.17. The van der Waals surface area contributed by atoms with Crippen molar-refractivity contribution in [2.75, 3.05) is 31.2 Å². The second kappa shape index (κ2) is 4.70. The molecule has 0 saturated carbocycles. The van der Waals surface area contributed by atoms with Gasteiger partial charge in [0.1, 0.15) is 0 Å². The van der Waals surface area contributed by atoms with Crippen LogP contribution in [0.15, 0.2) is 0 Å². The lowest BCUT2D eigenvalue weighted by Gasteiger charge is -2.25. The van der Waals surface area contributed by atoms with Gasteiger partial charge in [0.15, 0.2) is 0 Å². The van der Waals surface area contributed by atoms with Crippen LogP contribution < -0.4 is 5.32 Å². The van der Waals surface area contributed by atoms with Crippen LogP contribution in [0, 0.1) is 0 Å². The van der Waals surface area contributed by atoms with Gasteiger partial charge in [0.2, 0.25) is 0 Å². The van der Waals surface area contributed by atoms with Gasteiger partial charge in [-0.25, -0.2) is 0 Å². The van der Waals surface area contributed by atoms with E-state index < -0.39 is 0 Å². The maximum atomic E-state index is 5.87. The molecule has 2 aliphatic heterocycles. The van der Waals surface area contributed by atoms with Crippen LogP contribution in [0.2, 0.25) is 0 Å². The predicted molar refractivity (Wildman–Crippen MR) is 55.4 cm³/mol. The van der Waals surface area contributed by atoms with Crippen molar-refractivity contribution in [3.05, 3.63) is 0 Å². The van der Waals surface area contributed by atoms with Crippen LogP contribution in [0.25, 0.3) is 0 Å². The number of hydrogen-bond donors (Lipinski definition) is 1. The van der Waals surface area contributed by atoms with E-state index in [4.69, 9.17) is 4.74 Å². The van der Waals surface area contributed by atoms with E-state index in [0.717, 1.165) is 19.7 Å². The lowest BCUT2D eigenvalue weighted by molar-refractivity contribution is -0.0165. The first kappa shape index (κ1) is 10.6. The van der Waals surface area contributed by atoms with Crippen LogP contribution >= 0.6 is 24.2 Å². The topological polar surface area (TPSA) is 21.3 Å². The minimum absolute atomic E-state index is 0. The summed E-state index contributed by atoms with van der Waals surface area (Å²) >= 11 is 2.04. The molecule has 4 heteroatoms. The second-order valence-corrected chi connectivity index (χ2v) is 4.44. The molecule has 1 spiro atoms. The van der Waals surface area contributed by atoms with Crippen LogP contribution in [0.3, 0.4) is 0 Å². The molecule has 1 N–H and O–H groups in total. The fourth-order valence-electron chi connectivity index (χ4n) is 1.75. The summed E-state index contributed by atoms with van der Waals surface area (Å²) in [6.07, 6.45) is 2.47. The second-order valence-electron chi connectivity index (χ2n) is 3.33. The maximum Gasteiger partial charge on any atom is 0.0793 e. The molecule has 0 aromatic heterocycles. The predicted octanol–water partition coefficient (Wildman–Crippen LogP) is 1.29. The number of hydrogen-bond acceptors (Lipinski definition) is 3. The van der Waals surface area contributed by atoms with Gasteiger partial charge >= 0.3 is 0 Å². The van der Waals surface area contributed by atoms with E-state index in [1.165, 1.54) is 24.3 Å². The third kappa shape index (κ3) is 2.28. The lowest BCUT2D eigenvalue weighted by atomic mass is 9.99. The summed E-state index contributed by atoms with van der Waals surface area (Å²) in [5.41, 5.74) is 0.258. The molecule has 2 saturated heterocycles.